The molecule has 3 aliphatic heterocycles. The van der Waals surface area contributed by atoms with E-state index in [1.54, 1.807) is 61.7 Å². The van der Waals surface area contributed by atoms with E-state index in [4.69, 9.17) is 23.9 Å². The molecule has 6 atom stereocenters. The van der Waals surface area contributed by atoms with Crippen LogP contribution in [0.3, 0.4) is 0 Å². The molecular weight excluding hydrogens is 1340 g/mol. The minimum Gasteiger partial charge on any atom is -0.468 e. The van der Waals surface area contributed by atoms with Crippen LogP contribution < -0.4 is 25.0 Å². The number of methoxy groups -OCH3 is 1. The molecule has 552 valence electrons. The molecule has 24 heteroatoms. The van der Waals surface area contributed by atoms with Gasteiger partial charge in [-0.15, -0.1) is 16.9 Å². The van der Waals surface area contributed by atoms with E-state index < -0.39 is 102 Å². The Kier molecular flexibility index (Phi) is 23.2. The first-order valence-corrected chi connectivity index (χ1v) is 39.0. The van der Waals surface area contributed by atoms with Crippen molar-refractivity contribution in [2.45, 2.75) is 219 Å². The normalized spacial score (nSPS) is 20.8. The van der Waals surface area contributed by atoms with Crippen LogP contribution in [-0.2, 0) is 30.4 Å². The molecular formula is C78H103F4N9O9SSi. The fourth-order valence-corrected chi connectivity index (χ4v) is 21.9. The van der Waals surface area contributed by atoms with Gasteiger partial charge >= 0.3 is 12.1 Å². The summed E-state index contributed by atoms with van der Waals surface area (Å²) in [7, 11) is 0.920. The third-order valence-electron chi connectivity index (χ3n) is 21.2. The molecule has 2 aromatic heterocycles. The van der Waals surface area contributed by atoms with Crippen molar-refractivity contribution in [3.8, 4) is 44.8 Å². The van der Waals surface area contributed by atoms with E-state index in [0.29, 0.717) is 78.0 Å². The van der Waals surface area contributed by atoms with Crippen molar-refractivity contribution in [1.82, 2.24) is 40.3 Å². The van der Waals surface area contributed by atoms with Crippen LogP contribution in [0.4, 0.5) is 28.2 Å². The Hall–Kier alpha value is -7.43. The van der Waals surface area contributed by atoms with Crippen LogP contribution in [0, 0.1) is 40.9 Å². The number of aliphatic hydroxyl groups is 1. The van der Waals surface area contributed by atoms with Gasteiger partial charge < -0.3 is 49.4 Å². The maximum absolute atomic E-state index is 18.4. The zero-order chi connectivity index (χ0) is 74.2. The first-order chi connectivity index (χ1) is 48.0. The second-order valence-electron chi connectivity index (χ2n) is 32.1. The number of β-amino-alcohol motifs (C(OH)–C–C–N with tert-alkyl or cyclic N) is 1. The Morgan fingerprint density at radius 1 is 0.912 bits per heavy atom. The summed E-state index contributed by atoms with van der Waals surface area (Å²) in [4.78, 5) is 77.2. The minimum absolute atomic E-state index is 0.0243. The summed E-state index contributed by atoms with van der Waals surface area (Å²) < 4.78 is 91.6. The quantitative estimate of drug-likeness (QED) is 0.0152. The third kappa shape index (κ3) is 16.5. The number of nitrogens with one attached hydrogen (secondary N) is 2. The van der Waals surface area contributed by atoms with Crippen molar-refractivity contribution in [3.63, 3.8) is 0 Å². The summed E-state index contributed by atoms with van der Waals surface area (Å²) in [5.41, 5.74) is 5.42. The standard InChI is InChI=1S/C78H103F4N9O9SSi/c1-47(2)102(48(3)4,49(5)6)33-30-52-22-21-23-54-34-57(99-46-97-16)36-58(63(52)54)64-60(79)37-59-66(65(64)80)86-72(87-69(59)89-39-55-29-31-76(14,42-89)91(55)73(96)100-75(11,12)13)98-44-77(41-78(77,81)82)43-88(15)32-20-18-17-19-24-62(93)85-68(74(8,9)10)71(95)90-40-56(92)35-61(90)70(94)83-38-51-25-27-53(28-26-51)67-50(7)84-45-101-67/h21-23,25-28,34,36-37,45,47-49,55-56,61,68,92H,17-20,24,29,31-32,35,38-44,46H2,1-16H3,(H,83,94)(H,85,93)/t55-,56-,61+,68-,76+,77-/m1/s1. The number of rotatable bonds is 26. The second kappa shape index (κ2) is 30.7. The van der Waals surface area contributed by atoms with Crippen LogP contribution in [0.1, 0.15) is 165 Å². The molecule has 3 N–H and O–H groups in total. The highest BCUT2D eigenvalue weighted by atomic mass is 32.1. The topological polar surface area (TPSA) is 201 Å². The van der Waals surface area contributed by atoms with Gasteiger partial charge in [-0.25, -0.2) is 27.3 Å². The molecule has 6 aromatic rings. The maximum atomic E-state index is 18.4. The number of halogens is 4. The monoisotopic (exact) mass is 1450 g/mol. The molecule has 5 heterocycles. The molecule has 3 saturated heterocycles. The van der Waals surface area contributed by atoms with Crippen molar-refractivity contribution in [3.05, 3.63) is 94.6 Å². The highest BCUT2D eigenvalue weighted by Crippen LogP contribution is 2.61. The van der Waals surface area contributed by atoms with E-state index in [2.05, 4.69) is 73.6 Å². The molecule has 102 heavy (non-hydrogen) atoms. The van der Waals surface area contributed by atoms with Crippen LogP contribution in [0.15, 0.2) is 66.2 Å². The van der Waals surface area contributed by atoms with Crippen molar-refractivity contribution in [2.24, 2.45) is 10.8 Å². The number of carbonyl (C=O) groups is 4. The fraction of sp³-hybridized carbons (Fsp3) is 0.577. The average Bonchev–Trinajstić information content (AvgIpc) is 1.44. The van der Waals surface area contributed by atoms with Gasteiger partial charge in [-0.1, -0.05) is 117 Å². The summed E-state index contributed by atoms with van der Waals surface area (Å²) in [6, 6.07) is 15.3. The van der Waals surface area contributed by atoms with Gasteiger partial charge in [-0.2, -0.15) is 9.97 Å². The van der Waals surface area contributed by atoms with Crippen molar-refractivity contribution < 1.29 is 60.8 Å². The molecule has 10 rings (SSSR count). The number of anilines is 1. The zero-order valence-corrected chi connectivity index (χ0v) is 64.0. The maximum Gasteiger partial charge on any atom is 0.411 e. The summed E-state index contributed by atoms with van der Waals surface area (Å²) in [5.74, 6) is -2.31. The molecule has 1 aliphatic carbocycles. The average molecular weight is 1450 g/mol. The molecule has 1 saturated carbocycles. The Balaban J connectivity index is 0.837. The Labute approximate surface area is 603 Å². The van der Waals surface area contributed by atoms with Gasteiger partial charge in [0, 0.05) is 81.0 Å². The summed E-state index contributed by atoms with van der Waals surface area (Å²) in [6.07, 6.45) is 1.98. The number of hydrogen-bond donors (Lipinski definition) is 3. The largest absolute Gasteiger partial charge is 0.468 e. The lowest BCUT2D eigenvalue weighted by Crippen LogP contribution is -2.63. The van der Waals surface area contributed by atoms with E-state index in [1.165, 1.54) is 18.1 Å². The van der Waals surface area contributed by atoms with Gasteiger partial charge in [0.2, 0.25) is 17.7 Å². The lowest BCUT2D eigenvalue weighted by Gasteiger charge is -2.47. The van der Waals surface area contributed by atoms with Gasteiger partial charge in [0.15, 0.2) is 12.6 Å². The zero-order valence-electron chi connectivity index (χ0n) is 62.2. The van der Waals surface area contributed by atoms with Crippen molar-refractivity contribution >= 4 is 70.7 Å². The molecule has 0 unspecified atom stereocenters. The number of amides is 4. The number of aliphatic hydroxyl groups excluding tert-OH is 1. The summed E-state index contributed by atoms with van der Waals surface area (Å²) >= 11 is 1.56. The van der Waals surface area contributed by atoms with Crippen LogP contribution >= 0.6 is 11.3 Å². The summed E-state index contributed by atoms with van der Waals surface area (Å²) in [6.45, 7) is 28.4. The predicted octanol–water partition coefficient (Wildman–Crippen LogP) is 14.8. The van der Waals surface area contributed by atoms with Crippen molar-refractivity contribution in [2.75, 3.05) is 65.2 Å². The highest BCUT2D eigenvalue weighted by Gasteiger charge is 2.72. The molecule has 2 bridgehead atoms. The van der Waals surface area contributed by atoms with E-state index in [-0.39, 0.29) is 98.4 Å². The number of piperazine rings is 1. The molecule has 4 aromatic carbocycles. The van der Waals surface area contributed by atoms with Crippen LogP contribution in [0.5, 0.6) is 11.8 Å². The fourth-order valence-electron chi connectivity index (χ4n) is 15.9. The van der Waals surface area contributed by atoms with E-state index in [1.807, 2.05) is 86.9 Å². The van der Waals surface area contributed by atoms with Gasteiger partial charge in [0.25, 0.3) is 5.92 Å². The number of benzene rings is 4. The summed E-state index contributed by atoms with van der Waals surface area (Å²) in [5, 5.41) is 17.8. The van der Waals surface area contributed by atoms with Crippen LogP contribution in [0.2, 0.25) is 16.6 Å². The minimum atomic E-state index is -3.13. The van der Waals surface area contributed by atoms with Gasteiger partial charge in [0.1, 0.15) is 55.3 Å². The first-order valence-electron chi connectivity index (χ1n) is 35.9. The SMILES string of the molecule is COCOc1cc(-c2c(F)cc3c(N4C[C@H]5CC[C@@](C)(C4)N5C(=O)OC(C)(C)C)nc(OC[C@]4(CN(C)CCCCCCC(=O)N[C@H](C(=O)N5C[C@H](O)C[C@H]5C(=O)NCc5ccc(-c6scnc6C)cc5)C(C)(C)C)CC4(F)F)nc3c2F)c2c(C#C[Si](C(C)C)(C(C)C)C(C)C)cccc2c1. The number of unbranched alkanes of at least 4 members (excludes halogenated alkanes) is 3. The molecule has 4 aliphatic rings. The highest BCUT2D eigenvalue weighted by molar-refractivity contribution is 7.13. The number of nitrogens with zero attached hydrogens (tertiary/aromatic N) is 7. The third-order valence-corrected chi connectivity index (χ3v) is 28.4. The molecule has 18 nitrogen and oxygen atoms in total. The van der Waals surface area contributed by atoms with Gasteiger partial charge in [0.05, 0.1) is 44.7 Å². The lowest BCUT2D eigenvalue weighted by molar-refractivity contribution is -0.144. The predicted molar refractivity (Wildman–Crippen MR) is 394 cm³/mol. The molecule has 0 radical (unpaired) electrons. The van der Waals surface area contributed by atoms with E-state index in [0.717, 1.165) is 21.7 Å². The first kappa shape index (κ1) is 77.2. The number of alkyl halides is 2. The number of aryl methyl sites for hydroxylation is 1. The second-order valence-corrected chi connectivity index (χ2v) is 38.5. The van der Waals surface area contributed by atoms with Crippen LogP contribution in [0.25, 0.3) is 43.2 Å². The molecule has 0 spiro atoms. The number of aromatic nitrogens is 3. The van der Waals surface area contributed by atoms with E-state index >= 15 is 17.6 Å². The Morgan fingerprint density at radius 2 is 1.61 bits per heavy atom. The molecule has 4 fully saturated rings. The van der Waals surface area contributed by atoms with Crippen molar-refractivity contribution in [1.29, 1.82) is 0 Å². The van der Waals surface area contributed by atoms with Gasteiger partial charge in [-0.3, -0.25) is 19.3 Å². The smallest absolute Gasteiger partial charge is 0.411 e. The number of likely N-dealkylation sites (tertiary alicyclic amines) is 1. The lowest BCUT2D eigenvalue weighted by atomic mass is 9.85. The Bertz CT molecular complexity index is 4110. The van der Waals surface area contributed by atoms with Crippen LogP contribution in [-0.4, -0.2) is 168 Å². The number of carbonyl (C=O) groups excluding carboxylic acids is 4. The van der Waals surface area contributed by atoms with E-state index in [9.17, 15) is 24.3 Å². The van der Waals surface area contributed by atoms with Gasteiger partial charge in [-0.05, 0) is 137 Å². The number of ether oxygens (including phenoxy) is 4. The molecule has 4 amide bonds. The Morgan fingerprint density at radius 3 is 2.24 bits per heavy atom. The number of thiazole rings is 1. The number of fused-ring (bicyclic) bond motifs is 4. The number of hydrogen-bond acceptors (Lipinski definition) is 15.